The number of aromatic nitrogens is 2. The number of hydrogen-bond acceptors (Lipinski definition) is 5. The Morgan fingerprint density at radius 3 is 2.48 bits per heavy atom. The molecule has 6 nitrogen and oxygen atoms in total. The number of thioether (sulfide) groups is 1. The van der Waals surface area contributed by atoms with Crippen molar-refractivity contribution in [3.63, 3.8) is 0 Å². The maximum atomic E-state index is 13.2. The quantitative estimate of drug-likeness (QED) is 0.419. The molecule has 0 aliphatic carbocycles. The van der Waals surface area contributed by atoms with Gasteiger partial charge in [0.2, 0.25) is 5.91 Å². The minimum absolute atomic E-state index is 0.0102. The molecule has 31 heavy (non-hydrogen) atoms. The van der Waals surface area contributed by atoms with E-state index in [1.807, 2.05) is 37.3 Å². The van der Waals surface area contributed by atoms with Gasteiger partial charge in [-0.15, -0.1) is 0 Å². The Morgan fingerprint density at radius 2 is 1.90 bits per heavy atom. The van der Waals surface area contributed by atoms with Crippen molar-refractivity contribution in [3.8, 4) is 0 Å². The molecule has 1 aromatic heterocycles. The van der Waals surface area contributed by atoms with Crippen molar-refractivity contribution in [1.82, 2.24) is 14.9 Å². The number of amides is 1. The summed E-state index contributed by atoms with van der Waals surface area (Å²) >= 11 is 1.36. The van der Waals surface area contributed by atoms with Crippen LogP contribution in [-0.2, 0) is 29.6 Å². The average Bonchev–Trinajstić information content (AvgIpc) is 2.74. The van der Waals surface area contributed by atoms with Crippen molar-refractivity contribution in [2.75, 3.05) is 7.11 Å². The minimum atomic E-state index is -0.306. The lowest BCUT2D eigenvalue weighted by atomic mass is 10.0. The predicted octanol–water partition coefficient (Wildman–Crippen LogP) is 3.94. The molecule has 0 radical (unpaired) electrons. The number of nitrogens with one attached hydrogen (secondary N) is 1. The van der Waals surface area contributed by atoms with Crippen LogP contribution in [0.3, 0.4) is 0 Å². The van der Waals surface area contributed by atoms with E-state index in [0.29, 0.717) is 35.2 Å². The molecule has 1 aromatic carbocycles. The van der Waals surface area contributed by atoms with E-state index in [2.05, 4.69) is 26.1 Å². The first kappa shape index (κ1) is 25.1. The number of nitrogens with zero attached hydrogens (tertiary/aromatic N) is 2. The molecule has 2 aromatic rings. The maximum Gasteiger partial charge on any atom is 0.257 e. The predicted molar refractivity (Wildman–Crippen MR) is 126 cm³/mol. The van der Waals surface area contributed by atoms with Gasteiger partial charge in [-0.1, -0.05) is 69.3 Å². The summed E-state index contributed by atoms with van der Waals surface area (Å²) in [7, 11) is 3.32. The van der Waals surface area contributed by atoms with E-state index >= 15 is 0 Å². The van der Waals surface area contributed by atoms with E-state index < -0.39 is 0 Å². The standard InChI is InChI=1S/C24H35N3O3S/c1-7-11-21(22(28)25-17(4)16(2)3)31-24-26-20(15-30-6)19(23(29)27(24)5)14-18-12-9-8-10-13-18/h8-10,12-13,16-17,21H,7,11,14-15H2,1-6H3,(H,25,28). The molecule has 2 rings (SSSR count). The first-order valence-corrected chi connectivity index (χ1v) is 11.7. The summed E-state index contributed by atoms with van der Waals surface area (Å²) < 4.78 is 6.90. The molecule has 2 unspecified atom stereocenters. The fraction of sp³-hybridized carbons (Fsp3) is 0.542. The highest BCUT2D eigenvalue weighted by Crippen LogP contribution is 2.26. The SMILES string of the molecule is CCCC(Sc1nc(COC)c(Cc2ccccc2)c(=O)n1C)C(=O)NC(C)C(C)C. The Bertz CT molecular complexity index is 912. The van der Waals surface area contributed by atoms with Crippen LogP contribution in [-0.4, -0.2) is 33.9 Å². The molecule has 0 fully saturated rings. The highest BCUT2D eigenvalue weighted by Gasteiger charge is 2.25. The van der Waals surface area contributed by atoms with E-state index in [0.717, 1.165) is 12.0 Å². The summed E-state index contributed by atoms with van der Waals surface area (Å²) in [5.74, 6) is 0.341. The van der Waals surface area contributed by atoms with Crippen LogP contribution in [0.25, 0.3) is 0 Å². The van der Waals surface area contributed by atoms with Crippen LogP contribution >= 0.6 is 11.8 Å². The minimum Gasteiger partial charge on any atom is -0.378 e. The van der Waals surface area contributed by atoms with Crippen molar-refractivity contribution in [1.29, 1.82) is 0 Å². The number of carbonyl (C=O) groups is 1. The first-order valence-electron chi connectivity index (χ1n) is 10.9. The van der Waals surface area contributed by atoms with Gasteiger partial charge in [-0.25, -0.2) is 4.98 Å². The monoisotopic (exact) mass is 445 g/mol. The van der Waals surface area contributed by atoms with Crippen LogP contribution in [0.1, 0.15) is 57.4 Å². The highest BCUT2D eigenvalue weighted by atomic mass is 32.2. The molecule has 0 aliphatic heterocycles. The third kappa shape index (κ3) is 6.94. The summed E-state index contributed by atoms with van der Waals surface area (Å²) in [5.41, 5.74) is 2.21. The Morgan fingerprint density at radius 1 is 1.23 bits per heavy atom. The molecule has 170 valence electrons. The second-order valence-electron chi connectivity index (χ2n) is 8.22. The number of rotatable bonds is 11. The van der Waals surface area contributed by atoms with Gasteiger partial charge in [0.1, 0.15) is 0 Å². The topological polar surface area (TPSA) is 73.2 Å². The lowest BCUT2D eigenvalue weighted by molar-refractivity contribution is -0.121. The van der Waals surface area contributed by atoms with Gasteiger partial charge in [0.05, 0.1) is 17.6 Å². The normalized spacial score (nSPS) is 13.3. The van der Waals surface area contributed by atoms with Crippen molar-refractivity contribution in [2.24, 2.45) is 13.0 Å². The fourth-order valence-corrected chi connectivity index (χ4v) is 4.31. The van der Waals surface area contributed by atoms with Crippen LogP contribution in [0.5, 0.6) is 0 Å². The average molecular weight is 446 g/mol. The van der Waals surface area contributed by atoms with E-state index in [-0.39, 0.29) is 29.4 Å². The molecule has 1 amide bonds. The fourth-order valence-electron chi connectivity index (χ4n) is 3.13. The highest BCUT2D eigenvalue weighted by molar-refractivity contribution is 8.00. The molecular formula is C24H35N3O3S. The number of benzene rings is 1. The zero-order valence-electron chi connectivity index (χ0n) is 19.5. The summed E-state index contributed by atoms with van der Waals surface area (Å²) in [5, 5.41) is 3.34. The van der Waals surface area contributed by atoms with E-state index in [1.165, 1.54) is 11.8 Å². The van der Waals surface area contributed by atoms with Crippen LogP contribution in [0.2, 0.25) is 0 Å². The van der Waals surface area contributed by atoms with Gasteiger partial charge in [-0.2, -0.15) is 0 Å². The Hall–Kier alpha value is -2.12. The van der Waals surface area contributed by atoms with Gasteiger partial charge in [0.25, 0.3) is 5.56 Å². The van der Waals surface area contributed by atoms with Gasteiger partial charge in [-0.3, -0.25) is 14.2 Å². The molecule has 0 saturated heterocycles. The van der Waals surface area contributed by atoms with Gasteiger partial charge >= 0.3 is 0 Å². The van der Waals surface area contributed by atoms with Crippen LogP contribution in [0, 0.1) is 5.92 Å². The van der Waals surface area contributed by atoms with E-state index in [1.54, 1.807) is 18.7 Å². The number of carbonyl (C=O) groups excluding carboxylic acids is 1. The van der Waals surface area contributed by atoms with Crippen molar-refractivity contribution >= 4 is 17.7 Å². The van der Waals surface area contributed by atoms with Crippen LogP contribution < -0.4 is 10.9 Å². The zero-order valence-corrected chi connectivity index (χ0v) is 20.3. The van der Waals surface area contributed by atoms with Gasteiger partial charge in [0.15, 0.2) is 5.16 Å². The lowest BCUT2D eigenvalue weighted by Gasteiger charge is -2.22. The lowest BCUT2D eigenvalue weighted by Crippen LogP contribution is -2.41. The number of methoxy groups -OCH3 is 1. The summed E-state index contributed by atoms with van der Waals surface area (Å²) in [6, 6.07) is 9.95. The second-order valence-corrected chi connectivity index (χ2v) is 9.39. The zero-order chi connectivity index (χ0) is 23.0. The van der Waals surface area contributed by atoms with Crippen molar-refractivity contribution in [2.45, 2.75) is 70.0 Å². The summed E-state index contributed by atoms with van der Waals surface area (Å²) in [4.78, 5) is 30.9. The molecule has 0 spiro atoms. The van der Waals surface area contributed by atoms with Crippen molar-refractivity contribution in [3.05, 3.63) is 57.5 Å². The Labute approximate surface area is 189 Å². The smallest absolute Gasteiger partial charge is 0.257 e. The van der Waals surface area contributed by atoms with Gasteiger partial charge in [-0.05, 0) is 24.8 Å². The molecule has 0 saturated carbocycles. The van der Waals surface area contributed by atoms with Crippen LogP contribution in [0.15, 0.2) is 40.3 Å². The molecular weight excluding hydrogens is 410 g/mol. The Kier molecular flexibility index (Phi) is 9.78. The molecule has 0 bridgehead atoms. The number of hydrogen-bond donors (Lipinski definition) is 1. The summed E-state index contributed by atoms with van der Waals surface area (Å²) in [6.45, 7) is 8.49. The molecule has 1 heterocycles. The molecule has 1 N–H and O–H groups in total. The van der Waals surface area contributed by atoms with Gasteiger partial charge in [0, 0.05) is 32.2 Å². The third-order valence-electron chi connectivity index (χ3n) is 5.39. The van der Waals surface area contributed by atoms with Crippen LogP contribution in [0.4, 0.5) is 0 Å². The van der Waals surface area contributed by atoms with E-state index in [9.17, 15) is 9.59 Å². The molecule has 0 aliphatic rings. The third-order valence-corrected chi connectivity index (χ3v) is 6.70. The largest absolute Gasteiger partial charge is 0.378 e. The molecule has 2 atom stereocenters. The summed E-state index contributed by atoms with van der Waals surface area (Å²) in [6.07, 6.45) is 2.07. The van der Waals surface area contributed by atoms with Gasteiger partial charge < -0.3 is 10.1 Å². The van der Waals surface area contributed by atoms with E-state index in [4.69, 9.17) is 9.72 Å². The first-order chi connectivity index (χ1) is 14.8. The molecule has 7 heteroatoms. The van der Waals surface area contributed by atoms with Crippen molar-refractivity contribution < 1.29 is 9.53 Å². The second kappa shape index (κ2) is 12.1. The maximum absolute atomic E-state index is 13.2. The number of ether oxygens (including phenoxy) is 1. The Balaban J connectivity index is 2.36.